The van der Waals surface area contributed by atoms with Gasteiger partial charge in [0, 0.05) is 61.8 Å². The van der Waals surface area contributed by atoms with Crippen LogP contribution >= 0.6 is 0 Å². The highest BCUT2D eigenvalue weighted by Gasteiger charge is 2.44. The smallest absolute Gasteiger partial charge is 0.206 e. The normalized spacial score (nSPS) is 24.6. The lowest BCUT2D eigenvalue weighted by Gasteiger charge is -2.42. The third kappa shape index (κ3) is 26.9. The molecular weight excluding hydrogens is 1220 g/mol. The monoisotopic (exact) mass is 1340 g/mol. The summed E-state index contributed by atoms with van der Waals surface area (Å²) in [5.41, 5.74) is 7.39. The Morgan fingerprint density at radius 2 is 1.12 bits per heavy atom. The van der Waals surface area contributed by atoms with Crippen LogP contribution in [0.2, 0.25) is 0 Å². The molecule has 0 amide bonds. The summed E-state index contributed by atoms with van der Waals surface area (Å²) in [5, 5.41) is 174. The summed E-state index contributed by atoms with van der Waals surface area (Å²) < 4.78 is 13.3. The van der Waals surface area contributed by atoms with Gasteiger partial charge in [0.1, 0.15) is 23.6 Å². The number of ketones is 3. The Labute approximate surface area is 559 Å². The Hall–Kier alpha value is -3.57. The number of nitrogens with two attached hydrogens (primary N) is 1. The topological polar surface area (TPSA) is 424 Å². The molecule has 1 saturated heterocycles. The van der Waals surface area contributed by atoms with Crippen LogP contribution in [0, 0.1) is 59.2 Å². The van der Waals surface area contributed by atoms with Crippen molar-refractivity contribution in [3.05, 3.63) is 40.6 Å². The van der Waals surface area contributed by atoms with Gasteiger partial charge in [0.25, 0.3) is 0 Å². The number of allylic oxidation sites excluding steroid dienone is 3. The minimum atomic E-state index is -1.68. The number of nitrogens with zero attached hydrogens (tertiary/aromatic N) is 1. The number of Topliss-reactive ketones (excluding diaryl/α,β-unsaturated/α-hetero) is 3. The third-order valence-corrected chi connectivity index (χ3v) is 19.8. The number of carbonyl (C=O) groups excluding carboxylic acids is 3. The first-order valence-electron chi connectivity index (χ1n) is 34.4. The average Bonchev–Trinajstić information content (AvgIpc) is 1.60. The van der Waals surface area contributed by atoms with Gasteiger partial charge in [0.15, 0.2) is 23.6 Å². The Kier molecular flexibility index (Phi) is 37.8. The number of ether oxygens (including phenoxy) is 2. The molecule has 0 radical (unpaired) electrons. The summed E-state index contributed by atoms with van der Waals surface area (Å²) >= 11 is 0. The van der Waals surface area contributed by atoms with Crippen LogP contribution in [0.15, 0.2) is 29.4 Å². The Bertz CT molecular complexity index is 2500. The van der Waals surface area contributed by atoms with Crippen LogP contribution in [0.25, 0.3) is 6.08 Å². The summed E-state index contributed by atoms with van der Waals surface area (Å²) in [6.45, 7) is 25.8. The second-order valence-electron chi connectivity index (χ2n) is 29.0. The minimum absolute atomic E-state index is 0.0318. The Morgan fingerprint density at radius 1 is 0.606 bits per heavy atom. The number of carbonyl (C=O) groups is 3. The number of hydrogen-bond donors (Lipinski definition) is 17. The largest absolute Gasteiger partial charge is 0.505 e. The predicted molar refractivity (Wildman–Crippen MR) is 359 cm³/mol. The van der Waals surface area contributed by atoms with Gasteiger partial charge in [-0.2, -0.15) is 0 Å². The number of rotatable bonds is 45. The van der Waals surface area contributed by atoms with Gasteiger partial charge in [-0.05, 0) is 134 Å². The van der Waals surface area contributed by atoms with Gasteiger partial charge in [-0.25, -0.2) is 0 Å². The first-order valence-corrected chi connectivity index (χ1v) is 34.4. The zero-order valence-electron chi connectivity index (χ0n) is 59.1. The molecule has 23 nitrogen and oxygen atoms in total. The molecule has 27 unspecified atom stereocenters. The van der Waals surface area contributed by atoms with E-state index in [9.17, 15) is 96.1 Å². The second kappa shape index (κ2) is 41.1. The highest BCUT2D eigenvalue weighted by molar-refractivity contribution is 6.04. The zero-order valence-corrected chi connectivity index (χ0v) is 59.1. The zero-order chi connectivity index (χ0) is 72.1. The molecule has 1 fully saturated rings. The fraction of sp³-hybridized carbons (Fsp3) is 0.817. The van der Waals surface area contributed by atoms with E-state index in [1.807, 2.05) is 34.6 Å². The summed E-state index contributed by atoms with van der Waals surface area (Å²) in [4.78, 5) is 40.2. The first-order chi connectivity index (χ1) is 43.5. The molecule has 2 rings (SSSR count). The van der Waals surface area contributed by atoms with Gasteiger partial charge in [0.05, 0.1) is 97.2 Å². The van der Waals surface area contributed by atoms with Gasteiger partial charge in [-0.1, -0.05) is 100.0 Å². The molecule has 0 aliphatic carbocycles. The molecule has 0 bridgehead atoms. The van der Waals surface area contributed by atoms with Crippen molar-refractivity contribution in [1.82, 2.24) is 4.57 Å². The van der Waals surface area contributed by atoms with Crippen molar-refractivity contribution in [1.29, 1.82) is 0 Å². The van der Waals surface area contributed by atoms with Crippen LogP contribution in [-0.4, -0.2) is 214 Å². The average molecular weight is 1340 g/mol. The molecule has 0 saturated carbocycles. The molecule has 546 valence electrons. The highest BCUT2D eigenvalue weighted by atomic mass is 16.7. The van der Waals surface area contributed by atoms with E-state index in [1.54, 1.807) is 74.5 Å². The van der Waals surface area contributed by atoms with E-state index in [0.717, 1.165) is 5.57 Å². The minimum Gasteiger partial charge on any atom is -0.505 e. The van der Waals surface area contributed by atoms with Gasteiger partial charge >= 0.3 is 0 Å². The molecule has 27 atom stereocenters. The quantitative estimate of drug-likeness (QED) is 0.0300. The van der Waals surface area contributed by atoms with Gasteiger partial charge in [0.2, 0.25) is 5.88 Å². The highest BCUT2D eigenvalue weighted by Crippen LogP contribution is 2.38. The Morgan fingerprint density at radius 3 is 1.65 bits per heavy atom. The summed E-state index contributed by atoms with van der Waals surface area (Å²) in [5.74, 6) is -7.48. The molecule has 1 aliphatic heterocycles. The maximum absolute atomic E-state index is 13.6. The molecular formula is C71H126N2O21. The predicted octanol–water partition coefficient (Wildman–Crippen LogP) is 5.04. The number of hydrogen-bond acceptors (Lipinski definition) is 22. The molecule has 94 heavy (non-hydrogen) atoms. The number of aromatic nitrogens is 1. The Balaban J connectivity index is 1.92. The van der Waals surface area contributed by atoms with Gasteiger partial charge in [-0.3, -0.25) is 14.4 Å². The molecule has 1 aromatic heterocycles. The van der Waals surface area contributed by atoms with Crippen molar-refractivity contribution in [2.24, 2.45) is 72.0 Å². The maximum atomic E-state index is 13.6. The van der Waals surface area contributed by atoms with Crippen molar-refractivity contribution in [2.45, 2.75) is 304 Å². The van der Waals surface area contributed by atoms with E-state index in [4.69, 9.17) is 15.2 Å². The van der Waals surface area contributed by atoms with E-state index in [-0.39, 0.29) is 104 Å². The number of aliphatic hydroxyl groups excluding tert-OH is 14. The van der Waals surface area contributed by atoms with E-state index in [1.165, 1.54) is 30.7 Å². The standard InChI is InChI=1S/C71H126N2O21/c1-35(2)28-53-68(90)59(70(92)73(53)16)66(88)40(8)23-27-51(77)32-49(75)25-21-38(6)63(85)44(12)54(79)18-17-19-55(80)45(13)65(87)42(10)29-41(9)62(84)43(11)30-56(81)57(82)33-52(78)34-58(94-71-69(91)60(72)67(89)47(15)93-71)37(5)20-24-48(74)31-50(76)26-22-39(7)64(86)46(14)61(83)36(3)4/h23,27-29,36-41,43-52,54-55,57-58,60-61,63-65,67,69,71,74-80,82-83,85-87,89-92H,17-22,24-26,30-34,72H2,1-16H3. The van der Waals surface area contributed by atoms with Crippen molar-refractivity contribution in [2.75, 3.05) is 0 Å². The van der Waals surface area contributed by atoms with Crippen LogP contribution in [0.1, 0.15) is 210 Å². The van der Waals surface area contributed by atoms with Crippen LogP contribution in [0.4, 0.5) is 0 Å². The van der Waals surface area contributed by atoms with Crippen LogP contribution in [0.5, 0.6) is 11.6 Å². The maximum Gasteiger partial charge on any atom is 0.206 e. The van der Waals surface area contributed by atoms with E-state index < -0.39 is 163 Å². The molecule has 2 heterocycles. The molecule has 0 spiro atoms. The van der Waals surface area contributed by atoms with E-state index >= 15 is 0 Å². The molecule has 1 aliphatic rings. The lowest BCUT2D eigenvalue weighted by molar-refractivity contribution is -0.287. The van der Waals surface area contributed by atoms with Gasteiger partial charge in [-0.15, -0.1) is 0 Å². The van der Waals surface area contributed by atoms with Crippen LogP contribution in [-0.2, 0) is 26.1 Å². The lowest BCUT2D eigenvalue weighted by Crippen LogP contribution is -2.61. The summed E-state index contributed by atoms with van der Waals surface area (Å²) in [6, 6.07) is -1.12. The SMILES string of the molecule is CC(C)=Cc1c(O)c(C(=O)C(C)C=CC(O)CC(O)CCC(C)C(O)C(C)C(O)CCCC(O)C(C)C(O)C(C)=CC(C)C(=O)C(C)CC(=O)C(O)CC(O)CC(OC2OC(C)C(O)C(N)C2O)C(C)CCC(O)CC(O)CCC(C)C(O)C(C)C(O)C(C)C)c(O)n1C. The number of aliphatic hydroxyl groups is 14. The molecule has 0 aromatic carbocycles. The lowest BCUT2D eigenvalue weighted by atomic mass is 9.82. The number of aromatic hydroxyl groups is 2. The van der Waals surface area contributed by atoms with Crippen molar-refractivity contribution >= 4 is 23.4 Å². The molecule has 1 aromatic rings. The van der Waals surface area contributed by atoms with E-state index in [0.29, 0.717) is 37.7 Å². The van der Waals surface area contributed by atoms with Crippen LogP contribution < -0.4 is 5.73 Å². The van der Waals surface area contributed by atoms with Crippen molar-refractivity contribution in [3.63, 3.8) is 0 Å². The van der Waals surface area contributed by atoms with Crippen molar-refractivity contribution < 1.29 is 106 Å². The fourth-order valence-electron chi connectivity index (χ4n) is 12.7. The van der Waals surface area contributed by atoms with Gasteiger partial charge < -0.3 is 101 Å². The van der Waals surface area contributed by atoms with Crippen molar-refractivity contribution in [3.8, 4) is 11.6 Å². The second-order valence-corrected chi connectivity index (χ2v) is 29.0. The first kappa shape index (κ1) is 86.5. The third-order valence-electron chi connectivity index (χ3n) is 19.8. The molecule has 18 N–H and O–H groups in total. The van der Waals surface area contributed by atoms with E-state index in [2.05, 4.69) is 0 Å². The molecule has 23 heteroatoms. The summed E-state index contributed by atoms with van der Waals surface area (Å²) in [6.07, 6.45) is -10.4. The van der Waals surface area contributed by atoms with Crippen LogP contribution in [0.3, 0.4) is 0 Å². The summed E-state index contributed by atoms with van der Waals surface area (Å²) in [7, 11) is 1.52. The fourth-order valence-corrected chi connectivity index (χ4v) is 12.7.